The molecule has 3 aromatic rings. The number of nitrogens with zero attached hydrogens (tertiary/aromatic N) is 1. The number of β-amino-alcohol motifs (C(OH)–C–C–N with tert-alkyl or cyclic N) is 1. The summed E-state index contributed by atoms with van der Waals surface area (Å²) in [4.78, 5) is 13.1. The van der Waals surface area contributed by atoms with Crippen molar-refractivity contribution >= 4 is 22.8 Å². The molecular formula is C27H29NO4. The largest absolute Gasteiger partial charge is 0.490 e. The van der Waals surface area contributed by atoms with Crippen molar-refractivity contribution in [2.24, 2.45) is 0 Å². The van der Waals surface area contributed by atoms with Gasteiger partial charge in [0.25, 0.3) is 0 Å². The highest BCUT2D eigenvalue weighted by Gasteiger charge is 2.22. The van der Waals surface area contributed by atoms with Gasteiger partial charge in [0.15, 0.2) is 0 Å². The molecule has 2 N–H and O–H groups in total. The van der Waals surface area contributed by atoms with Gasteiger partial charge in [-0.2, -0.15) is 0 Å². The number of carbonyl (C=O) groups is 1. The lowest BCUT2D eigenvalue weighted by Gasteiger charge is -2.33. The monoisotopic (exact) mass is 431 g/mol. The topological polar surface area (TPSA) is 70.0 Å². The van der Waals surface area contributed by atoms with Crippen LogP contribution in [0.4, 0.5) is 0 Å². The minimum Gasteiger partial charge on any atom is -0.490 e. The van der Waals surface area contributed by atoms with E-state index < -0.39 is 12.1 Å². The normalized spacial score (nSPS) is 16.4. The average molecular weight is 432 g/mol. The second-order valence-electron chi connectivity index (χ2n) is 8.36. The first-order valence-electron chi connectivity index (χ1n) is 11.1. The van der Waals surface area contributed by atoms with E-state index in [1.807, 2.05) is 12.1 Å². The molecule has 0 aliphatic carbocycles. The van der Waals surface area contributed by atoms with E-state index in [0.717, 1.165) is 32.0 Å². The molecule has 1 saturated heterocycles. The Morgan fingerprint density at radius 1 is 1.03 bits per heavy atom. The molecule has 0 unspecified atom stereocenters. The molecule has 1 fully saturated rings. The Kier molecular flexibility index (Phi) is 7.20. The zero-order chi connectivity index (χ0) is 22.3. The van der Waals surface area contributed by atoms with Crippen LogP contribution in [0.1, 0.15) is 29.9 Å². The molecule has 5 heteroatoms. The molecule has 0 aromatic heterocycles. The maximum Gasteiger partial charge on any atom is 0.328 e. The zero-order valence-corrected chi connectivity index (χ0v) is 18.1. The summed E-state index contributed by atoms with van der Waals surface area (Å²) in [5, 5.41) is 21.9. The van der Waals surface area contributed by atoms with Crippen molar-refractivity contribution in [2.45, 2.75) is 24.9 Å². The third-order valence-corrected chi connectivity index (χ3v) is 6.06. The maximum absolute atomic E-state index is 10.8. The van der Waals surface area contributed by atoms with Gasteiger partial charge >= 0.3 is 5.97 Å². The third kappa shape index (κ3) is 5.75. The lowest BCUT2D eigenvalue weighted by molar-refractivity contribution is -0.131. The van der Waals surface area contributed by atoms with Crippen LogP contribution in [0.5, 0.6) is 5.75 Å². The number of hydrogen-bond donors (Lipinski definition) is 2. The number of aliphatic hydroxyl groups excluding tert-OH is 1. The number of carboxylic acid groups (broad SMARTS) is 1. The second-order valence-corrected chi connectivity index (χ2v) is 8.36. The smallest absolute Gasteiger partial charge is 0.328 e. The number of carboxylic acids is 1. The number of likely N-dealkylation sites (tertiary alicyclic amines) is 1. The van der Waals surface area contributed by atoms with Crippen LogP contribution in [-0.4, -0.2) is 53.4 Å². The van der Waals surface area contributed by atoms with Crippen molar-refractivity contribution in [3.8, 4) is 5.75 Å². The molecule has 1 atom stereocenters. The first-order valence-corrected chi connectivity index (χ1v) is 11.1. The first kappa shape index (κ1) is 22.1. The molecule has 1 heterocycles. The summed E-state index contributed by atoms with van der Waals surface area (Å²) in [5.41, 5.74) is 2.08. The van der Waals surface area contributed by atoms with Gasteiger partial charge in [0.1, 0.15) is 18.5 Å². The van der Waals surface area contributed by atoms with Gasteiger partial charge in [0, 0.05) is 18.2 Å². The van der Waals surface area contributed by atoms with Crippen LogP contribution in [0.25, 0.3) is 16.8 Å². The number of aliphatic hydroxyl groups is 1. The molecule has 0 saturated carbocycles. The molecule has 0 radical (unpaired) electrons. The predicted octanol–water partition coefficient (Wildman–Crippen LogP) is 4.56. The summed E-state index contributed by atoms with van der Waals surface area (Å²) < 4.78 is 5.78. The van der Waals surface area contributed by atoms with E-state index >= 15 is 0 Å². The van der Waals surface area contributed by atoms with Crippen LogP contribution in [0.2, 0.25) is 0 Å². The Labute approximate surface area is 188 Å². The molecule has 1 aliphatic rings. The Bertz CT molecular complexity index is 1090. The SMILES string of the molecule is O=C(O)C=Cc1ccccc1OC[C@@H](O)CN1CCC(c2ccc3ccccc3c2)CC1. The van der Waals surface area contributed by atoms with Gasteiger partial charge in [-0.15, -0.1) is 0 Å². The van der Waals surface area contributed by atoms with E-state index in [-0.39, 0.29) is 6.61 Å². The van der Waals surface area contributed by atoms with Gasteiger partial charge in [-0.1, -0.05) is 60.7 Å². The summed E-state index contributed by atoms with van der Waals surface area (Å²) >= 11 is 0. The molecule has 0 bridgehead atoms. The quantitative estimate of drug-likeness (QED) is 0.512. The standard InChI is InChI=1S/C27H29NO4/c29-25(19-32-26-8-4-3-6-22(26)11-12-27(30)31)18-28-15-13-21(14-16-28)24-10-9-20-5-1-2-7-23(20)17-24/h1-12,17,21,25,29H,13-16,18-19H2,(H,30,31)/t25-/m0/s1. The average Bonchev–Trinajstić information content (AvgIpc) is 2.82. The molecule has 0 spiro atoms. The van der Waals surface area contributed by atoms with Crippen molar-refractivity contribution in [1.29, 1.82) is 0 Å². The van der Waals surface area contributed by atoms with Crippen molar-refractivity contribution in [3.05, 3.63) is 83.9 Å². The van der Waals surface area contributed by atoms with Crippen molar-refractivity contribution in [1.82, 2.24) is 4.90 Å². The van der Waals surface area contributed by atoms with Crippen LogP contribution in [0.3, 0.4) is 0 Å². The molecule has 5 nitrogen and oxygen atoms in total. The highest BCUT2D eigenvalue weighted by molar-refractivity contribution is 5.86. The van der Waals surface area contributed by atoms with E-state index in [9.17, 15) is 9.90 Å². The molecule has 32 heavy (non-hydrogen) atoms. The third-order valence-electron chi connectivity index (χ3n) is 6.06. The number of piperidine rings is 1. The summed E-state index contributed by atoms with van der Waals surface area (Å²) in [6, 6.07) is 22.5. The van der Waals surface area contributed by atoms with E-state index in [1.54, 1.807) is 12.1 Å². The molecule has 166 valence electrons. The summed E-state index contributed by atoms with van der Waals surface area (Å²) in [5.74, 6) is 0.114. The van der Waals surface area contributed by atoms with E-state index in [4.69, 9.17) is 9.84 Å². The Morgan fingerprint density at radius 3 is 2.53 bits per heavy atom. The molecule has 3 aromatic carbocycles. The van der Waals surface area contributed by atoms with Gasteiger partial charge in [-0.3, -0.25) is 0 Å². The molecular weight excluding hydrogens is 402 g/mol. The first-order chi connectivity index (χ1) is 15.6. The van der Waals surface area contributed by atoms with Crippen molar-refractivity contribution in [3.63, 3.8) is 0 Å². The fraction of sp³-hybridized carbons (Fsp3) is 0.296. The van der Waals surface area contributed by atoms with Gasteiger partial charge < -0.3 is 19.8 Å². The minimum atomic E-state index is -1.01. The van der Waals surface area contributed by atoms with Crippen molar-refractivity contribution < 1.29 is 19.7 Å². The van der Waals surface area contributed by atoms with Gasteiger partial charge in [0.2, 0.25) is 0 Å². The Hall–Kier alpha value is -3.15. The lowest BCUT2D eigenvalue weighted by atomic mass is 9.88. The van der Waals surface area contributed by atoms with Crippen LogP contribution < -0.4 is 4.74 Å². The number of hydrogen-bond acceptors (Lipinski definition) is 4. The van der Waals surface area contributed by atoms with E-state index in [2.05, 4.69) is 47.4 Å². The minimum absolute atomic E-state index is 0.169. The predicted molar refractivity (Wildman–Crippen MR) is 127 cm³/mol. The molecule has 1 aliphatic heterocycles. The second kappa shape index (κ2) is 10.4. The zero-order valence-electron chi connectivity index (χ0n) is 18.1. The number of fused-ring (bicyclic) bond motifs is 1. The number of ether oxygens (including phenoxy) is 1. The van der Waals surface area contributed by atoms with E-state index in [0.29, 0.717) is 23.8 Å². The molecule has 4 rings (SSSR count). The van der Waals surface area contributed by atoms with Crippen LogP contribution in [0, 0.1) is 0 Å². The van der Waals surface area contributed by atoms with Crippen molar-refractivity contribution in [2.75, 3.05) is 26.2 Å². The maximum atomic E-state index is 10.8. The number of aliphatic carboxylic acids is 1. The van der Waals surface area contributed by atoms with E-state index in [1.165, 1.54) is 22.4 Å². The Balaban J connectivity index is 1.27. The van der Waals surface area contributed by atoms with Gasteiger partial charge in [-0.05, 0) is 60.3 Å². The summed E-state index contributed by atoms with van der Waals surface area (Å²) in [7, 11) is 0. The summed E-state index contributed by atoms with van der Waals surface area (Å²) in [6.45, 7) is 2.64. The van der Waals surface area contributed by atoms with Crippen LogP contribution in [0.15, 0.2) is 72.8 Å². The van der Waals surface area contributed by atoms with Crippen LogP contribution >= 0.6 is 0 Å². The van der Waals surface area contributed by atoms with Crippen LogP contribution in [-0.2, 0) is 4.79 Å². The highest BCUT2D eigenvalue weighted by atomic mass is 16.5. The summed E-state index contributed by atoms with van der Waals surface area (Å²) in [6.07, 6.45) is 4.13. The number of benzene rings is 3. The lowest BCUT2D eigenvalue weighted by Crippen LogP contribution is -2.40. The fourth-order valence-electron chi connectivity index (χ4n) is 4.36. The highest BCUT2D eigenvalue weighted by Crippen LogP contribution is 2.30. The molecule has 0 amide bonds. The number of rotatable bonds is 8. The Morgan fingerprint density at radius 2 is 1.75 bits per heavy atom. The van der Waals surface area contributed by atoms with Gasteiger partial charge in [0.05, 0.1) is 0 Å². The van der Waals surface area contributed by atoms with Gasteiger partial charge in [-0.25, -0.2) is 4.79 Å². The fourth-order valence-corrected chi connectivity index (χ4v) is 4.36. The number of para-hydroxylation sites is 1.